The predicted octanol–water partition coefficient (Wildman–Crippen LogP) is 2.35. The number of hydrogen-bond acceptors (Lipinski definition) is 3. The largest absolute Gasteiger partial charge is 0.469 e. The van der Waals surface area contributed by atoms with Gasteiger partial charge in [0, 0.05) is 6.54 Å². The molecule has 0 saturated carbocycles. The molecule has 0 radical (unpaired) electrons. The highest BCUT2D eigenvalue weighted by Crippen LogP contribution is 2.20. The number of ether oxygens (including phenoxy) is 1. The topological polar surface area (TPSA) is 29.5 Å². The van der Waals surface area contributed by atoms with E-state index < -0.39 is 11.6 Å². The van der Waals surface area contributed by atoms with Gasteiger partial charge in [-0.1, -0.05) is 6.07 Å². The Labute approximate surface area is 111 Å². The molecule has 0 atom stereocenters. The molecule has 0 bridgehead atoms. The zero-order valence-electron chi connectivity index (χ0n) is 10.9. The number of methoxy groups -OCH3 is 1. The second-order valence-electron chi connectivity index (χ2n) is 4.82. The number of rotatable bonds is 3. The third-order valence-corrected chi connectivity index (χ3v) is 3.51. The normalized spacial score (nSPS) is 17.4. The fourth-order valence-corrected chi connectivity index (χ4v) is 2.39. The molecule has 1 heterocycles. The van der Waals surface area contributed by atoms with Crippen molar-refractivity contribution < 1.29 is 18.3 Å². The van der Waals surface area contributed by atoms with Gasteiger partial charge in [0.05, 0.1) is 13.0 Å². The van der Waals surface area contributed by atoms with E-state index in [1.54, 1.807) is 6.07 Å². The molecule has 1 aliphatic rings. The van der Waals surface area contributed by atoms with Crippen molar-refractivity contribution in [2.24, 2.45) is 5.92 Å². The van der Waals surface area contributed by atoms with Crippen molar-refractivity contribution in [2.45, 2.75) is 19.4 Å². The molecular weight excluding hydrogens is 252 g/mol. The number of halogens is 2. The number of carbonyl (C=O) groups is 1. The van der Waals surface area contributed by atoms with Crippen molar-refractivity contribution in [1.82, 2.24) is 4.90 Å². The summed E-state index contributed by atoms with van der Waals surface area (Å²) in [4.78, 5) is 13.5. The SMILES string of the molecule is COC(=O)C1CCN(Cc2ccc(F)c(F)c2)CC1. The lowest BCUT2D eigenvalue weighted by molar-refractivity contribution is -0.147. The Kier molecular flexibility index (Phi) is 4.47. The van der Waals surface area contributed by atoms with Crippen LogP contribution in [-0.4, -0.2) is 31.1 Å². The lowest BCUT2D eigenvalue weighted by atomic mass is 9.96. The number of benzene rings is 1. The minimum absolute atomic E-state index is 0.0359. The molecule has 1 aromatic rings. The van der Waals surface area contributed by atoms with Crippen LogP contribution >= 0.6 is 0 Å². The maximum absolute atomic E-state index is 13.1. The molecular formula is C14H17F2NO2. The first-order chi connectivity index (χ1) is 9.10. The van der Waals surface area contributed by atoms with Crippen molar-refractivity contribution in [3.05, 3.63) is 35.4 Å². The fraction of sp³-hybridized carbons (Fsp3) is 0.500. The van der Waals surface area contributed by atoms with E-state index in [9.17, 15) is 13.6 Å². The third kappa shape index (κ3) is 3.50. The predicted molar refractivity (Wildman–Crippen MR) is 66.4 cm³/mol. The van der Waals surface area contributed by atoms with Crippen molar-refractivity contribution in [3.8, 4) is 0 Å². The quantitative estimate of drug-likeness (QED) is 0.789. The second kappa shape index (κ2) is 6.10. The number of esters is 1. The zero-order chi connectivity index (χ0) is 13.8. The van der Waals surface area contributed by atoms with Crippen LogP contribution in [0.5, 0.6) is 0 Å². The Hall–Kier alpha value is -1.49. The number of likely N-dealkylation sites (tertiary alicyclic amines) is 1. The van der Waals surface area contributed by atoms with Crippen LogP contribution in [-0.2, 0) is 16.1 Å². The Morgan fingerprint density at radius 3 is 2.58 bits per heavy atom. The van der Waals surface area contributed by atoms with Crippen molar-refractivity contribution in [2.75, 3.05) is 20.2 Å². The maximum Gasteiger partial charge on any atom is 0.308 e. The molecule has 3 nitrogen and oxygen atoms in total. The molecule has 5 heteroatoms. The smallest absolute Gasteiger partial charge is 0.308 e. The summed E-state index contributed by atoms with van der Waals surface area (Å²) in [7, 11) is 1.40. The average molecular weight is 269 g/mol. The molecule has 0 amide bonds. The van der Waals surface area contributed by atoms with Crippen LogP contribution < -0.4 is 0 Å². The van der Waals surface area contributed by atoms with Crippen molar-refractivity contribution >= 4 is 5.97 Å². The van der Waals surface area contributed by atoms with Gasteiger partial charge in [-0.2, -0.15) is 0 Å². The fourth-order valence-electron chi connectivity index (χ4n) is 2.39. The highest BCUT2D eigenvalue weighted by molar-refractivity contribution is 5.72. The minimum Gasteiger partial charge on any atom is -0.469 e. The van der Waals surface area contributed by atoms with Gasteiger partial charge in [-0.25, -0.2) is 8.78 Å². The van der Waals surface area contributed by atoms with Gasteiger partial charge in [0.2, 0.25) is 0 Å². The summed E-state index contributed by atoms with van der Waals surface area (Å²) in [6.07, 6.45) is 1.49. The lowest BCUT2D eigenvalue weighted by Gasteiger charge is -2.30. The molecule has 0 spiro atoms. The average Bonchev–Trinajstić information content (AvgIpc) is 2.43. The minimum atomic E-state index is -0.826. The van der Waals surface area contributed by atoms with Crippen LogP contribution in [0, 0.1) is 17.6 Å². The number of piperidine rings is 1. The third-order valence-electron chi connectivity index (χ3n) is 3.51. The van der Waals surface area contributed by atoms with Gasteiger partial charge >= 0.3 is 5.97 Å². The van der Waals surface area contributed by atoms with Crippen LogP contribution in [0.15, 0.2) is 18.2 Å². The summed E-state index contributed by atoms with van der Waals surface area (Å²) in [6.45, 7) is 2.10. The van der Waals surface area contributed by atoms with E-state index in [0.717, 1.165) is 37.6 Å². The first kappa shape index (κ1) is 13.9. The monoisotopic (exact) mass is 269 g/mol. The number of hydrogen-bond donors (Lipinski definition) is 0. The van der Waals surface area contributed by atoms with Gasteiger partial charge in [-0.3, -0.25) is 9.69 Å². The molecule has 0 aliphatic carbocycles. The highest BCUT2D eigenvalue weighted by atomic mass is 19.2. The molecule has 1 aliphatic heterocycles. The van der Waals surface area contributed by atoms with Crippen LogP contribution in [0.2, 0.25) is 0 Å². The van der Waals surface area contributed by atoms with Gasteiger partial charge in [0.25, 0.3) is 0 Å². The van der Waals surface area contributed by atoms with Crippen LogP contribution in [0.25, 0.3) is 0 Å². The first-order valence-electron chi connectivity index (χ1n) is 6.34. The summed E-state index contributed by atoms with van der Waals surface area (Å²) >= 11 is 0. The molecule has 0 N–H and O–H groups in total. The maximum atomic E-state index is 13.1. The van der Waals surface area contributed by atoms with Crippen LogP contribution in [0.3, 0.4) is 0 Å². The van der Waals surface area contributed by atoms with Crippen LogP contribution in [0.1, 0.15) is 18.4 Å². The van der Waals surface area contributed by atoms with E-state index in [-0.39, 0.29) is 11.9 Å². The molecule has 2 rings (SSSR count). The van der Waals surface area contributed by atoms with E-state index in [1.165, 1.54) is 13.2 Å². The number of nitrogens with zero attached hydrogens (tertiary/aromatic N) is 1. The Morgan fingerprint density at radius 2 is 2.00 bits per heavy atom. The van der Waals surface area contributed by atoms with E-state index in [1.807, 2.05) is 0 Å². The lowest BCUT2D eigenvalue weighted by Crippen LogP contribution is -2.36. The molecule has 1 aromatic carbocycles. The van der Waals surface area contributed by atoms with Crippen LogP contribution in [0.4, 0.5) is 8.78 Å². The second-order valence-corrected chi connectivity index (χ2v) is 4.82. The zero-order valence-corrected chi connectivity index (χ0v) is 10.9. The summed E-state index contributed by atoms with van der Waals surface area (Å²) in [5, 5.41) is 0. The van der Waals surface area contributed by atoms with Gasteiger partial charge in [0.1, 0.15) is 0 Å². The molecule has 0 unspecified atom stereocenters. The van der Waals surface area contributed by atoms with E-state index >= 15 is 0 Å². The molecule has 104 valence electrons. The molecule has 19 heavy (non-hydrogen) atoms. The van der Waals surface area contributed by atoms with E-state index in [2.05, 4.69) is 4.90 Å². The summed E-state index contributed by atoms with van der Waals surface area (Å²) in [6, 6.07) is 3.96. The van der Waals surface area contributed by atoms with E-state index in [4.69, 9.17) is 4.74 Å². The summed E-state index contributed by atoms with van der Waals surface area (Å²) in [5.41, 5.74) is 0.746. The summed E-state index contributed by atoms with van der Waals surface area (Å²) in [5.74, 6) is -1.84. The van der Waals surface area contributed by atoms with E-state index in [0.29, 0.717) is 6.54 Å². The van der Waals surface area contributed by atoms with Gasteiger partial charge in [0.15, 0.2) is 11.6 Å². The van der Waals surface area contributed by atoms with Gasteiger partial charge in [-0.15, -0.1) is 0 Å². The Bertz CT molecular complexity index is 457. The Morgan fingerprint density at radius 1 is 1.32 bits per heavy atom. The Balaban J connectivity index is 1.88. The standard InChI is InChI=1S/C14H17F2NO2/c1-19-14(18)11-4-6-17(7-5-11)9-10-2-3-12(15)13(16)8-10/h2-3,8,11H,4-7,9H2,1H3. The first-order valence-corrected chi connectivity index (χ1v) is 6.34. The van der Waals surface area contributed by atoms with Gasteiger partial charge < -0.3 is 4.74 Å². The summed E-state index contributed by atoms with van der Waals surface area (Å²) < 4.78 is 30.6. The molecule has 1 fully saturated rings. The molecule has 1 saturated heterocycles. The van der Waals surface area contributed by atoms with Gasteiger partial charge in [-0.05, 0) is 43.6 Å². The highest BCUT2D eigenvalue weighted by Gasteiger charge is 2.25. The molecule has 0 aromatic heterocycles. The van der Waals surface area contributed by atoms with Crippen molar-refractivity contribution in [1.29, 1.82) is 0 Å². The van der Waals surface area contributed by atoms with Crippen molar-refractivity contribution in [3.63, 3.8) is 0 Å². The number of carbonyl (C=O) groups excluding carboxylic acids is 1.